The molecule has 0 rings (SSSR count). The summed E-state index contributed by atoms with van der Waals surface area (Å²) in [5.41, 5.74) is 0. The summed E-state index contributed by atoms with van der Waals surface area (Å²) in [7, 11) is 0. The van der Waals surface area contributed by atoms with Gasteiger partial charge in [0.05, 0.1) is 0 Å². The van der Waals surface area contributed by atoms with E-state index in [1.54, 1.807) is 0 Å². The lowest BCUT2D eigenvalue weighted by atomic mass is 10.0. The van der Waals surface area contributed by atoms with E-state index in [2.05, 4.69) is 81.5 Å². The number of hydrogen-bond acceptors (Lipinski definition) is 6. The highest BCUT2D eigenvalue weighted by molar-refractivity contribution is 5.71. The van der Waals surface area contributed by atoms with Crippen molar-refractivity contribution >= 4 is 17.9 Å². The van der Waals surface area contributed by atoms with Gasteiger partial charge in [0.1, 0.15) is 13.2 Å². The summed E-state index contributed by atoms with van der Waals surface area (Å²) in [5.74, 6) is -0.863. The zero-order chi connectivity index (χ0) is 58.5. The molecule has 0 aliphatic heterocycles. The van der Waals surface area contributed by atoms with Crippen LogP contribution >= 0.6 is 0 Å². The van der Waals surface area contributed by atoms with Crippen LogP contribution in [0.3, 0.4) is 0 Å². The zero-order valence-corrected chi connectivity index (χ0v) is 54.3. The van der Waals surface area contributed by atoms with Gasteiger partial charge in [-0.15, -0.1) is 0 Å². The molecular weight excluding hydrogens is 997 g/mol. The molecule has 1 atom stereocenters. The third-order valence-corrected chi connectivity index (χ3v) is 16.0. The van der Waals surface area contributed by atoms with Crippen molar-refractivity contribution in [1.82, 2.24) is 0 Å². The van der Waals surface area contributed by atoms with Crippen LogP contribution in [0.1, 0.15) is 380 Å². The molecular formula is C75H136O6. The minimum atomic E-state index is -0.779. The van der Waals surface area contributed by atoms with Crippen LogP contribution in [0, 0.1) is 0 Å². The third-order valence-electron chi connectivity index (χ3n) is 16.0. The Kier molecular flexibility index (Phi) is 67.1. The Labute approximate surface area is 504 Å². The molecule has 0 saturated heterocycles. The van der Waals surface area contributed by atoms with Crippen LogP contribution in [0.15, 0.2) is 60.8 Å². The van der Waals surface area contributed by atoms with Gasteiger partial charge in [0, 0.05) is 19.3 Å². The monoisotopic (exact) mass is 1130 g/mol. The first-order valence-corrected chi connectivity index (χ1v) is 35.8. The summed E-state index contributed by atoms with van der Waals surface area (Å²) in [6.45, 7) is 6.65. The van der Waals surface area contributed by atoms with Crippen LogP contribution in [0.2, 0.25) is 0 Å². The third kappa shape index (κ3) is 67.8. The molecule has 0 fully saturated rings. The van der Waals surface area contributed by atoms with E-state index >= 15 is 0 Å². The first-order valence-electron chi connectivity index (χ1n) is 35.8. The molecule has 0 aliphatic carbocycles. The van der Waals surface area contributed by atoms with Gasteiger partial charge >= 0.3 is 17.9 Å². The molecule has 0 aliphatic rings. The minimum absolute atomic E-state index is 0.0746. The van der Waals surface area contributed by atoms with Gasteiger partial charge in [0.15, 0.2) is 6.10 Å². The Morgan fingerprint density at radius 1 is 0.247 bits per heavy atom. The highest BCUT2D eigenvalue weighted by Gasteiger charge is 2.19. The summed E-state index contributed by atoms with van der Waals surface area (Å²) >= 11 is 0. The average molecular weight is 1130 g/mol. The van der Waals surface area contributed by atoms with E-state index in [4.69, 9.17) is 14.2 Å². The standard InChI is InChI=1S/C75H136O6/c1-4-7-10-13-16-19-22-25-27-29-31-32-33-34-35-36-37-38-39-40-41-42-44-45-47-50-53-56-59-62-65-68-74(77)80-71-72(70-79-73(76)67-64-61-58-55-52-49-24-21-18-15-12-9-6-3)81-75(78)69-66-63-60-57-54-51-48-46-43-30-28-26-23-20-17-14-11-8-5-2/h17,20,22,25-26,28-29,31,43,46,72H,4-16,18-19,21,23-24,27,30,32-42,44-45,47-71H2,1-3H3/b20-17-,25-22-,28-26-,31-29-,46-43-. The fourth-order valence-corrected chi connectivity index (χ4v) is 10.6. The smallest absolute Gasteiger partial charge is 0.306 e. The Hall–Kier alpha value is -2.89. The van der Waals surface area contributed by atoms with Crippen LogP contribution in [-0.2, 0) is 28.6 Å². The highest BCUT2D eigenvalue weighted by Crippen LogP contribution is 2.18. The van der Waals surface area contributed by atoms with Crippen LogP contribution in [0.5, 0.6) is 0 Å². The van der Waals surface area contributed by atoms with Crippen molar-refractivity contribution in [3.63, 3.8) is 0 Å². The molecule has 0 aromatic heterocycles. The molecule has 1 unspecified atom stereocenters. The number of carbonyl (C=O) groups excluding carboxylic acids is 3. The maximum atomic E-state index is 12.9. The highest BCUT2D eigenvalue weighted by atomic mass is 16.6. The van der Waals surface area contributed by atoms with Gasteiger partial charge in [0.25, 0.3) is 0 Å². The number of carbonyl (C=O) groups is 3. The average Bonchev–Trinajstić information content (AvgIpc) is 3.46. The number of ether oxygens (including phenoxy) is 3. The number of esters is 3. The fraction of sp³-hybridized carbons (Fsp3) is 0.827. The maximum Gasteiger partial charge on any atom is 0.306 e. The van der Waals surface area contributed by atoms with Gasteiger partial charge in [-0.05, 0) is 89.9 Å². The molecule has 0 N–H and O–H groups in total. The van der Waals surface area contributed by atoms with Crippen LogP contribution in [0.25, 0.3) is 0 Å². The SMILES string of the molecule is CCCCC/C=C\C/C=C\C/C=C\CCCCCCCCC(=O)OC(COC(=O)CCCCCCCCCCCCCCC)COC(=O)CCCCCCCCCCCCCCCCCCCCC/C=C\C/C=C\CCCCCCC. The number of unbranched alkanes of at least 4 members (excludes halogenated alkanes) is 45. The topological polar surface area (TPSA) is 78.9 Å². The summed E-state index contributed by atoms with van der Waals surface area (Å²) in [6.07, 6.45) is 89.7. The van der Waals surface area contributed by atoms with Crippen molar-refractivity contribution in [2.24, 2.45) is 0 Å². The minimum Gasteiger partial charge on any atom is -0.462 e. The van der Waals surface area contributed by atoms with E-state index in [-0.39, 0.29) is 31.1 Å². The largest absolute Gasteiger partial charge is 0.462 e. The lowest BCUT2D eigenvalue weighted by Crippen LogP contribution is -2.30. The molecule has 81 heavy (non-hydrogen) atoms. The van der Waals surface area contributed by atoms with Crippen molar-refractivity contribution in [1.29, 1.82) is 0 Å². The Morgan fingerprint density at radius 2 is 0.444 bits per heavy atom. The molecule has 472 valence electrons. The second kappa shape index (κ2) is 69.6. The summed E-state index contributed by atoms with van der Waals surface area (Å²) in [5, 5.41) is 0. The Bertz CT molecular complexity index is 1440. The van der Waals surface area contributed by atoms with E-state index in [9.17, 15) is 14.4 Å². The Morgan fingerprint density at radius 3 is 0.716 bits per heavy atom. The van der Waals surface area contributed by atoms with Crippen LogP contribution in [0.4, 0.5) is 0 Å². The van der Waals surface area contributed by atoms with Crippen LogP contribution in [-0.4, -0.2) is 37.2 Å². The fourth-order valence-electron chi connectivity index (χ4n) is 10.6. The van der Waals surface area contributed by atoms with Gasteiger partial charge in [-0.25, -0.2) is 0 Å². The van der Waals surface area contributed by atoms with Crippen molar-refractivity contribution in [2.75, 3.05) is 13.2 Å². The summed E-state index contributed by atoms with van der Waals surface area (Å²) in [6, 6.07) is 0. The van der Waals surface area contributed by atoms with E-state index in [0.717, 1.165) is 83.5 Å². The number of hydrogen-bond donors (Lipinski definition) is 0. The van der Waals surface area contributed by atoms with Gasteiger partial charge < -0.3 is 14.2 Å². The van der Waals surface area contributed by atoms with Crippen LogP contribution < -0.4 is 0 Å². The molecule has 0 bridgehead atoms. The molecule has 0 aromatic rings. The van der Waals surface area contributed by atoms with Gasteiger partial charge in [-0.1, -0.05) is 332 Å². The quantitative estimate of drug-likeness (QED) is 0.0261. The maximum absolute atomic E-state index is 12.9. The van der Waals surface area contributed by atoms with Gasteiger partial charge in [-0.3, -0.25) is 14.4 Å². The molecule has 0 aromatic carbocycles. The van der Waals surface area contributed by atoms with Gasteiger partial charge in [0.2, 0.25) is 0 Å². The molecule has 0 heterocycles. The first kappa shape index (κ1) is 78.1. The second-order valence-electron chi connectivity index (χ2n) is 24.1. The van der Waals surface area contributed by atoms with Crippen molar-refractivity contribution in [2.45, 2.75) is 386 Å². The van der Waals surface area contributed by atoms with Gasteiger partial charge in [-0.2, -0.15) is 0 Å². The van der Waals surface area contributed by atoms with E-state index in [0.29, 0.717) is 19.3 Å². The predicted octanol–water partition coefficient (Wildman–Crippen LogP) is 24.7. The van der Waals surface area contributed by atoms with Crippen molar-refractivity contribution in [3.05, 3.63) is 60.8 Å². The molecule has 6 heteroatoms. The van der Waals surface area contributed by atoms with Crippen molar-refractivity contribution in [3.8, 4) is 0 Å². The Balaban J connectivity index is 4.19. The molecule has 0 saturated carbocycles. The summed E-state index contributed by atoms with van der Waals surface area (Å²) in [4.78, 5) is 38.4. The first-order chi connectivity index (χ1) is 40.0. The lowest BCUT2D eigenvalue weighted by Gasteiger charge is -2.18. The van der Waals surface area contributed by atoms with E-state index in [1.807, 2.05) is 0 Å². The molecule has 0 amide bonds. The number of allylic oxidation sites excluding steroid dienone is 10. The van der Waals surface area contributed by atoms with E-state index in [1.165, 1.54) is 257 Å². The van der Waals surface area contributed by atoms with Crippen molar-refractivity contribution < 1.29 is 28.6 Å². The summed E-state index contributed by atoms with van der Waals surface area (Å²) < 4.78 is 17.0. The lowest BCUT2D eigenvalue weighted by molar-refractivity contribution is -0.167. The zero-order valence-electron chi connectivity index (χ0n) is 54.3. The normalized spacial score (nSPS) is 12.4. The molecule has 6 nitrogen and oxygen atoms in total. The molecule has 0 radical (unpaired) electrons. The second-order valence-corrected chi connectivity index (χ2v) is 24.1. The number of rotatable bonds is 66. The van der Waals surface area contributed by atoms with E-state index < -0.39 is 6.10 Å². The molecule has 0 spiro atoms. The predicted molar refractivity (Wildman–Crippen MR) is 353 cm³/mol.